The van der Waals surface area contributed by atoms with Gasteiger partial charge in [0.25, 0.3) is 0 Å². The summed E-state index contributed by atoms with van der Waals surface area (Å²) in [5.74, 6) is -1.48. The molecule has 0 aliphatic rings. The van der Waals surface area contributed by atoms with E-state index in [1.807, 2.05) is 5.32 Å². The third-order valence-corrected chi connectivity index (χ3v) is 4.43. The van der Waals surface area contributed by atoms with Crippen LogP contribution < -0.4 is 15.4 Å². The average Bonchev–Trinajstić information content (AvgIpc) is 2.79. The van der Waals surface area contributed by atoms with Gasteiger partial charge in [0.05, 0.1) is 17.8 Å². The number of anilines is 2. The van der Waals surface area contributed by atoms with Crippen LogP contribution in [-0.4, -0.2) is 40.7 Å². The van der Waals surface area contributed by atoms with Crippen LogP contribution in [0.25, 0.3) is 11.1 Å². The van der Waals surface area contributed by atoms with E-state index in [-0.39, 0.29) is 17.1 Å². The number of carbonyl (C=O) groups excluding carboxylic acids is 2. The summed E-state index contributed by atoms with van der Waals surface area (Å²) >= 11 is 0. The van der Waals surface area contributed by atoms with Crippen molar-refractivity contribution in [2.45, 2.75) is 12.6 Å². The molecule has 0 saturated heterocycles. The van der Waals surface area contributed by atoms with Crippen LogP contribution in [0.15, 0.2) is 67.0 Å². The molecule has 2 aromatic carbocycles. The second kappa shape index (κ2) is 10.5. The number of carbonyl (C=O) groups is 3. The number of halogens is 3. The molecule has 2 amide bonds. The maximum atomic E-state index is 12.6. The van der Waals surface area contributed by atoms with E-state index in [1.165, 1.54) is 6.07 Å². The Labute approximate surface area is 191 Å². The number of alkyl halides is 3. The first kappa shape index (κ1) is 24.2. The molecule has 0 bridgehead atoms. The highest BCUT2D eigenvalue weighted by Crippen LogP contribution is 2.29. The van der Waals surface area contributed by atoms with Crippen molar-refractivity contribution in [2.75, 3.05) is 17.2 Å². The fourth-order valence-corrected chi connectivity index (χ4v) is 2.96. The minimum atomic E-state index is -4.58. The third kappa shape index (κ3) is 7.05. The number of carboxylic acid groups (broad SMARTS) is 1. The SMILES string of the molecule is O=C(O)Nc1cc(OCC(F)(F)F)ccc1NC(=O)CC(=O)c1cccc(-c2ccncc2)c1. The van der Waals surface area contributed by atoms with Gasteiger partial charge in [0.1, 0.15) is 5.75 Å². The molecular weight excluding hydrogens is 455 g/mol. The van der Waals surface area contributed by atoms with Crippen LogP contribution >= 0.6 is 0 Å². The van der Waals surface area contributed by atoms with Gasteiger partial charge in [0.2, 0.25) is 5.91 Å². The van der Waals surface area contributed by atoms with Crippen LogP contribution in [0.1, 0.15) is 16.8 Å². The summed E-state index contributed by atoms with van der Waals surface area (Å²) in [6.45, 7) is -1.57. The fourth-order valence-electron chi connectivity index (χ4n) is 2.96. The molecule has 0 aliphatic carbocycles. The highest BCUT2D eigenvalue weighted by Gasteiger charge is 2.28. The van der Waals surface area contributed by atoms with Crippen molar-refractivity contribution in [2.24, 2.45) is 0 Å². The van der Waals surface area contributed by atoms with E-state index in [0.717, 1.165) is 23.3 Å². The molecular formula is C23H18F3N3O5. The number of nitrogens with zero attached hydrogens (tertiary/aromatic N) is 1. The van der Waals surface area contributed by atoms with Crippen LogP contribution in [0.4, 0.5) is 29.3 Å². The van der Waals surface area contributed by atoms with Crippen molar-refractivity contribution >= 4 is 29.2 Å². The normalized spacial score (nSPS) is 10.9. The summed E-state index contributed by atoms with van der Waals surface area (Å²) in [7, 11) is 0. The van der Waals surface area contributed by atoms with Gasteiger partial charge in [-0.3, -0.25) is 19.9 Å². The second-order valence-corrected chi connectivity index (χ2v) is 7.01. The lowest BCUT2D eigenvalue weighted by Crippen LogP contribution is -2.20. The van der Waals surface area contributed by atoms with E-state index in [9.17, 15) is 27.6 Å². The lowest BCUT2D eigenvalue weighted by atomic mass is 10.0. The smallest absolute Gasteiger partial charge is 0.422 e. The van der Waals surface area contributed by atoms with Crippen LogP contribution in [0.2, 0.25) is 0 Å². The number of Topliss-reactive ketones (excluding diaryl/α,β-unsaturated/α-hetero) is 1. The lowest BCUT2D eigenvalue weighted by Gasteiger charge is -2.14. The van der Waals surface area contributed by atoms with Gasteiger partial charge in [-0.2, -0.15) is 13.2 Å². The molecule has 1 aromatic heterocycles. The quantitative estimate of drug-likeness (QED) is 0.313. The summed E-state index contributed by atoms with van der Waals surface area (Å²) in [4.78, 5) is 40.0. The van der Waals surface area contributed by atoms with Gasteiger partial charge in [0.15, 0.2) is 12.4 Å². The van der Waals surface area contributed by atoms with Gasteiger partial charge >= 0.3 is 12.3 Å². The van der Waals surface area contributed by atoms with Gasteiger partial charge in [-0.1, -0.05) is 18.2 Å². The third-order valence-electron chi connectivity index (χ3n) is 4.43. The van der Waals surface area contributed by atoms with Crippen molar-refractivity contribution in [1.29, 1.82) is 0 Å². The number of hydrogen-bond acceptors (Lipinski definition) is 5. The van der Waals surface area contributed by atoms with E-state index in [4.69, 9.17) is 5.11 Å². The summed E-state index contributed by atoms with van der Waals surface area (Å²) in [6.07, 6.45) is -3.41. The predicted molar refractivity (Wildman–Crippen MR) is 117 cm³/mol. The molecule has 0 radical (unpaired) electrons. The van der Waals surface area contributed by atoms with Gasteiger partial charge < -0.3 is 15.2 Å². The average molecular weight is 473 g/mol. The molecule has 3 N–H and O–H groups in total. The Balaban J connectivity index is 1.71. The Hall–Kier alpha value is -4.41. The zero-order valence-electron chi connectivity index (χ0n) is 17.4. The maximum absolute atomic E-state index is 12.6. The Morgan fingerprint density at radius 2 is 1.65 bits per heavy atom. The van der Waals surface area contributed by atoms with Crippen molar-refractivity contribution in [1.82, 2.24) is 4.98 Å². The zero-order valence-corrected chi connectivity index (χ0v) is 17.4. The molecule has 3 rings (SSSR count). The summed E-state index contributed by atoms with van der Waals surface area (Å²) in [5.41, 5.74) is 1.63. The number of ether oxygens (including phenoxy) is 1. The first-order chi connectivity index (χ1) is 16.1. The molecule has 11 heteroatoms. The zero-order chi connectivity index (χ0) is 24.7. The molecule has 34 heavy (non-hydrogen) atoms. The molecule has 0 fully saturated rings. The molecule has 0 aliphatic heterocycles. The molecule has 0 spiro atoms. The summed E-state index contributed by atoms with van der Waals surface area (Å²) in [6, 6.07) is 13.5. The maximum Gasteiger partial charge on any atom is 0.422 e. The van der Waals surface area contributed by atoms with Crippen molar-refractivity contribution in [3.05, 3.63) is 72.6 Å². The minimum Gasteiger partial charge on any atom is -0.484 e. The van der Waals surface area contributed by atoms with Gasteiger partial charge in [-0.25, -0.2) is 4.79 Å². The van der Waals surface area contributed by atoms with Gasteiger partial charge in [-0.05, 0) is 41.5 Å². The Kier molecular flexibility index (Phi) is 7.46. The van der Waals surface area contributed by atoms with Crippen LogP contribution in [-0.2, 0) is 4.79 Å². The van der Waals surface area contributed by atoms with E-state index in [1.54, 1.807) is 48.8 Å². The number of ketones is 1. The molecule has 0 unspecified atom stereocenters. The van der Waals surface area contributed by atoms with Gasteiger partial charge in [0, 0.05) is 24.0 Å². The van der Waals surface area contributed by atoms with E-state index < -0.39 is 37.0 Å². The summed E-state index contributed by atoms with van der Waals surface area (Å²) in [5, 5.41) is 13.4. The molecule has 8 nitrogen and oxygen atoms in total. The lowest BCUT2D eigenvalue weighted by molar-refractivity contribution is -0.153. The number of benzene rings is 2. The van der Waals surface area contributed by atoms with Crippen molar-refractivity contribution in [3.63, 3.8) is 0 Å². The topological polar surface area (TPSA) is 118 Å². The van der Waals surface area contributed by atoms with E-state index >= 15 is 0 Å². The van der Waals surface area contributed by atoms with Crippen molar-refractivity contribution < 1.29 is 37.4 Å². The Morgan fingerprint density at radius 1 is 0.912 bits per heavy atom. The first-order valence-corrected chi connectivity index (χ1v) is 9.78. The number of rotatable bonds is 8. The number of amides is 2. The Bertz CT molecular complexity index is 1200. The largest absolute Gasteiger partial charge is 0.484 e. The van der Waals surface area contributed by atoms with Crippen LogP contribution in [0, 0.1) is 0 Å². The molecule has 0 saturated carbocycles. The predicted octanol–water partition coefficient (Wildman–Crippen LogP) is 4.99. The highest BCUT2D eigenvalue weighted by atomic mass is 19.4. The first-order valence-electron chi connectivity index (χ1n) is 9.78. The fraction of sp³-hybridized carbons (Fsp3) is 0.130. The number of pyridine rings is 1. The summed E-state index contributed by atoms with van der Waals surface area (Å²) < 4.78 is 41.7. The number of aromatic nitrogens is 1. The Morgan fingerprint density at radius 3 is 2.32 bits per heavy atom. The van der Waals surface area contributed by atoms with Crippen LogP contribution in [0.5, 0.6) is 5.75 Å². The monoisotopic (exact) mass is 473 g/mol. The molecule has 3 aromatic rings. The molecule has 1 heterocycles. The van der Waals surface area contributed by atoms with Crippen LogP contribution in [0.3, 0.4) is 0 Å². The number of hydrogen-bond donors (Lipinski definition) is 3. The van der Waals surface area contributed by atoms with Crippen molar-refractivity contribution in [3.8, 4) is 16.9 Å². The standard InChI is InChI=1S/C23H18F3N3O5/c24-23(25,26)13-34-17-4-5-18(19(11-17)29-22(32)33)28-21(31)12-20(30)16-3-1-2-15(10-16)14-6-8-27-9-7-14/h1-11,29H,12-13H2,(H,28,31)(H,32,33). The van der Waals surface area contributed by atoms with Gasteiger partial charge in [-0.15, -0.1) is 0 Å². The van der Waals surface area contributed by atoms with E-state index in [0.29, 0.717) is 5.56 Å². The molecule has 176 valence electrons. The highest BCUT2D eigenvalue weighted by molar-refractivity contribution is 6.12. The second-order valence-electron chi connectivity index (χ2n) is 7.01. The van der Waals surface area contributed by atoms with E-state index in [2.05, 4.69) is 15.0 Å². The number of nitrogens with one attached hydrogen (secondary N) is 2. The minimum absolute atomic E-state index is 0.0508. The molecule has 0 atom stereocenters.